The van der Waals surface area contributed by atoms with Gasteiger partial charge in [-0.15, -0.1) is 11.3 Å². The smallest absolute Gasteiger partial charge is 0.266 e. The molecule has 30 heavy (non-hydrogen) atoms. The van der Waals surface area contributed by atoms with Gasteiger partial charge in [0.1, 0.15) is 11.6 Å². The summed E-state index contributed by atoms with van der Waals surface area (Å²) < 4.78 is 2.83. The van der Waals surface area contributed by atoms with Crippen molar-refractivity contribution in [2.75, 3.05) is 0 Å². The molecule has 0 aliphatic carbocycles. The standard InChI is InChI=1S/C22H16N6OS/c1-3-17-14-8-12(10-24-19(14)22(29)27-26-17)16-11-25-28(2)20(16)21-15(9-23)13-6-4-5-7-18(13)30-21/h4-8,10-11H,3H2,1-2H3,(H,27,29). The SMILES string of the molecule is CCc1n[nH]c(=O)c2ncc(-c3cnn(C)c3-c3sc4ccccc4c3C#N)cc12. The van der Waals surface area contributed by atoms with E-state index in [1.165, 1.54) is 0 Å². The van der Waals surface area contributed by atoms with Crippen molar-refractivity contribution in [3.05, 3.63) is 64.3 Å². The zero-order valence-corrected chi connectivity index (χ0v) is 17.1. The van der Waals surface area contributed by atoms with Gasteiger partial charge < -0.3 is 0 Å². The van der Waals surface area contributed by atoms with Crippen molar-refractivity contribution in [1.29, 1.82) is 5.26 Å². The number of hydrogen-bond donors (Lipinski definition) is 1. The van der Waals surface area contributed by atoms with Crippen molar-refractivity contribution >= 4 is 32.3 Å². The van der Waals surface area contributed by atoms with Crippen LogP contribution in [0.1, 0.15) is 18.2 Å². The Labute approximate surface area is 175 Å². The van der Waals surface area contributed by atoms with Gasteiger partial charge in [0.2, 0.25) is 0 Å². The van der Waals surface area contributed by atoms with Gasteiger partial charge in [-0.2, -0.15) is 15.5 Å². The van der Waals surface area contributed by atoms with Crippen molar-refractivity contribution in [1.82, 2.24) is 25.0 Å². The molecule has 0 unspecified atom stereocenters. The molecular weight excluding hydrogens is 396 g/mol. The second-order valence-electron chi connectivity index (χ2n) is 6.92. The lowest BCUT2D eigenvalue weighted by Gasteiger charge is -2.07. The fourth-order valence-corrected chi connectivity index (χ4v) is 5.00. The van der Waals surface area contributed by atoms with Crippen LogP contribution in [0.5, 0.6) is 0 Å². The third kappa shape index (κ3) is 2.64. The van der Waals surface area contributed by atoms with E-state index in [4.69, 9.17) is 0 Å². The van der Waals surface area contributed by atoms with Crippen LogP contribution < -0.4 is 5.56 Å². The summed E-state index contributed by atoms with van der Waals surface area (Å²) in [5.74, 6) is 0. The lowest BCUT2D eigenvalue weighted by Crippen LogP contribution is -2.12. The maximum atomic E-state index is 12.1. The largest absolute Gasteiger partial charge is 0.290 e. The first-order chi connectivity index (χ1) is 14.6. The van der Waals surface area contributed by atoms with Gasteiger partial charge in [-0.3, -0.25) is 9.48 Å². The number of benzene rings is 1. The number of aromatic nitrogens is 5. The van der Waals surface area contributed by atoms with Crippen molar-refractivity contribution in [3.8, 4) is 27.8 Å². The van der Waals surface area contributed by atoms with E-state index in [0.717, 1.165) is 42.9 Å². The van der Waals surface area contributed by atoms with E-state index in [1.54, 1.807) is 28.4 Å². The van der Waals surface area contributed by atoms with Gasteiger partial charge in [-0.1, -0.05) is 25.1 Å². The molecule has 8 heteroatoms. The molecule has 5 aromatic rings. The number of fused-ring (bicyclic) bond motifs is 2. The molecule has 5 rings (SSSR count). The molecule has 0 aliphatic heterocycles. The van der Waals surface area contributed by atoms with Gasteiger partial charge in [-0.25, -0.2) is 10.1 Å². The van der Waals surface area contributed by atoms with Crippen LogP contribution in [0.2, 0.25) is 0 Å². The van der Waals surface area contributed by atoms with Gasteiger partial charge in [0.15, 0.2) is 0 Å². The number of aryl methyl sites for hydroxylation is 2. The summed E-state index contributed by atoms with van der Waals surface area (Å²) in [6, 6.07) is 12.2. The first kappa shape index (κ1) is 18.2. The minimum Gasteiger partial charge on any atom is -0.266 e. The maximum absolute atomic E-state index is 12.1. The van der Waals surface area contributed by atoms with E-state index in [9.17, 15) is 10.1 Å². The molecule has 0 saturated heterocycles. The van der Waals surface area contributed by atoms with E-state index >= 15 is 0 Å². The van der Waals surface area contributed by atoms with Crippen molar-refractivity contribution in [2.45, 2.75) is 13.3 Å². The van der Waals surface area contributed by atoms with Gasteiger partial charge in [0.05, 0.1) is 28.0 Å². The summed E-state index contributed by atoms with van der Waals surface area (Å²) in [4.78, 5) is 17.4. The van der Waals surface area contributed by atoms with Gasteiger partial charge in [0.25, 0.3) is 5.56 Å². The highest BCUT2D eigenvalue weighted by Gasteiger charge is 2.21. The number of thiophene rings is 1. The molecular formula is C22H16N6OS. The van der Waals surface area contributed by atoms with E-state index in [2.05, 4.69) is 26.3 Å². The Hall–Kier alpha value is -3.83. The molecule has 0 spiro atoms. The summed E-state index contributed by atoms with van der Waals surface area (Å²) >= 11 is 1.57. The third-order valence-electron chi connectivity index (χ3n) is 5.21. The topological polar surface area (TPSA) is 100 Å². The Balaban J connectivity index is 1.79. The summed E-state index contributed by atoms with van der Waals surface area (Å²) in [6.45, 7) is 1.98. The second-order valence-corrected chi connectivity index (χ2v) is 7.97. The number of H-pyrrole nitrogens is 1. The van der Waals surface area contributed by atoms with Crippen LogP contribution in [0.4, 0.5) is 0 Å². The quantitative estimate of drug-likeness (QED) is 0.482. The summed E-state index contributed by atoms with van der Waals surface area (Å²) in [7, 11) is 1.86. The fraction of sp³-hybridized carbons (Fsp3) is 0.136. The Kier molecular flexibility index (Phi) is 4.19. The third-order valence-corrected chi connectivity index (χ3v) is 6.39. The number of hydrogen-bond acceptors (Lipinski definition) is 6. The molecule has 0 saturated carbocycles. The molecule has 0 amide bonds. The van der Waals surface area contributed by atoms with E-state index in [1.807, 2.05) is 44.3 Å². The van der Waals surface area contributed by atoms with Crippen LogP contribution in [0.3, 0.4) is 0 Å². The highest BCUT2D eigenvalue weighted by atomic mass is 32.1. The van der Waals surface area contributed by atoms with E-state index in [-0.39, 0.29) is 5.56 Å². The van der Waals surface area contributed by atoms with E-state index < -0.39 is 0 Å². The molecule has 7 nitrogen and oxygen atoms in total. The monoisotopic (exact) mass is 412 g/mol. The van der Waals surface area contributed by atoms with E-state index in [0.29, 0.717) is 17.5 Å². The normalized spacial score (nSPS) is 11.2. The molecule has 0 bridgehead atoms. The van der Waals surface area contributed by atoms with Crippen LogP contribution in [-0.2, 0) is 13.5 Å². The molecule has 1 aromatic carbocycles. The summed E-state index contributed by atoms with van der Waals surface area (Å²) in [5.41, 5.74) is 4.02. The number of nitrogens with zero attached hydrogens (tertiary/aromatic N) is 5. The minimum absolute atomic E-state index is 0.309. The highest BCUT2D eigenvalue weighted by Crippen LogP contribution is 2.42. The molecule has 146 valence electrons. The molecule has 0 fully saturated rings. The molecule has 0 atom stereocenters. The highest BCUT2D eigenvalue weighted by molar-refractivity contribution is 7.22. The predicted molar refractivity (Wildman–Crippen MR) is 117 cm³/mol. The number of nitriles is 1. The van der Waals surface area contributed by atoms with Gasteiger partial charge in [0, 0.05) is 39.8 Å². The average molecular weight is 412 g/mol. The Bertz CT molecular complexity index is 1540. The number of aromatic amines is 1. The van der Waals surface area contributed by atoms with Crippen LogP contribution in [0.25, 0.3) is 42.7 Å². The average Bonchev–Trinajstić information content (AvgIpc) is 3.33. The molecule has 1 N–H and O–H groups in total. The number of nitrogens with one attached hydrogen (secondary N) is 1. The van der Waals surface area contributed by atoms with Crippen LogP contribution in [0.15, 0.2) is 47.5 Å². The number of pyridine rings is 1. The first-order valence-electron chi connectivity index (χ1n) is 9.44. The minimum atomic E-state index is -0.309. The number of rotatable bonds is 3. The zero-order chi connectivity index (χ0) is 20.8. The summed E-state index contributed by atoms with van der Waals surface area (Å²) in [5, 5.41) is 22.7. The van der Waals surface area contributed by atoms with Gasteiger partial charge >= 0.3 is 0 Å². The Morgan fingerprint density at radius 1 is 1.23 bits per heavy atom. The molecule has 0 aliphatic rings. The first-order valence-corrected chi connectivity index (χ1v) is 10.3. The van der Waals surface area contributed by atoms with Crippen molar-refractivity contribution < 1.29 is 0 Å². The predicted octanol–water partition coefficient (Wildman–Crippen LogP) is 4.03. The molecule has 0 radical (unpaired) electrons. The molecule has 4 aromatic heterocycles. The van der Waals surface area contributed by atoms with Crippen molar-refractivity contribution in [2.24, 2.45) is 7.05 Å². The summed E-state index contributed by atoms with van der Waals surface area (Å²) in [6.07, 6.45) is 4.13. The van der Waals surface area contributed by atoms with Gasteiger partial charge in [-0.05, 0) is 18.6 Å². The van der Waals surface area contributed by atoms with Crippen LogP contribution in [0, 0.1) is 11.3 Å². The molecule has 4 heterocycles. The lowest BCUT2D eigenvalue weighted by molar-refractivity contribution is 0.777. The Morgan fingerprint density at radius 2 is 2.07 bits per heavy atom. The fourth-order valence-electron chi connectivity index (χ4n) is 3.76. The zero-order valence-electron chi connectivity index (χ0n) is 16.3. The van der Waals surface area contributed by atoms with Crippen LogP contribution in [-0.4, -0.2) is 25.0 Å². The Morgan fingerprint density at radius 3 is 2.87 bits per heavy atom. The van der Waals surface area contributed by atoms with Crippen molar-refractivity contribution in [3.63, 3.8) is 0 Å². The van der Waals surface area contributed by atoms with Crippen LogP contribution >= 0.6 is 11.3 Å². The lowest BCUT2D eigenvalue weighted by atomic mass is 10.0. The second kappa shape index (κ2) is 6.90. The maximum Gasteiger partial charge on any atom is 0.290 e.